The van der Waals surface area contributed by atoms with Crippen LogP contribution in [0.5, 0.6) is 0 Å². The van der Waals surface area contributed by atoms with Crippen LogP contribution in [0, 0.1) is 0 Å². The number of rotatable bonds is 8. The van der Waals surface area contributed by atoms with Gasteiger partial charge in [0.15, 0.2) is 5.13 Å². The van der Waals surface area contributed by atoms with Crippen molar-refractivity contribution in [3.05, 3.63) is 105 Å². The van der Waals surface area contributed by atoms with Crippen LogP contribution in [0.2, 0.25) is 0 Å². The molecule has 0 bridgehead atoms. The summed E-state index contributed by atoms with van der Waals surface area (Å²) in [5.41, 5.74) is 2.16. The van der Waals surface area contributed by atoms with Crippen molar-refractivity contribution < 1.29 is 9.59 Å². The van der Waals surface area contributed by atoms with Crippen LogP contribution in [-0.2, 0) is 17.6 Å². The van der Waals surface area contributed by atoms with Gasteiger partial charge in [-0.05, 0) is 22.6 Å². The molecule has 2 aromatic heterocycles. The van der Waals surface area contributed by atoms with Crippen LogP contribution in [-0.4, -0.2) is 22.8 Å². The van der Waals surface area contributed by atoms with Gasteiger partial charge < -0.3 is 10.6 Å². The topological polar surface area (TPSA) is 71.1 Å². The van der Waals surface area contributed by atoms with E-state index in [1.165, 1.54) is 28.2 Å². The van der Waals surface area contributed by atoms with Crippen molar-refractivity contribution in [1.29, 1.82) is 0 Å². The molecule has 0 saturated carbocycles. The minimum absolute atomic E-state index is 0.255. The molecule has 0 spiro atoms. The van der Waals surface area contributed by atoms with E-state index in [2.05, 4.69) is 27.8 Å². The summed E-state index contributed by atoms with van der Waals surface area (Å²) >= 11 is 2.79. The van der Waals surface area contributed by atoms with Gasteiger partial charge in [-0.2, -0.15) is 0 Å². The highest BCUT2D eigenvalue weighted by Crippen LogP contribution is 2.21. The summed E-state index contributed by atoms with van der Waals surface area (Å²) in [6.45, 7) is 0. The maximum Gasteiger partial charge on any atom is 0.262 e. The molecule has 0 aliphatic carbocycles. The molecule has 2 aromatic carbocycles. The molecule has 31 heavy (non-hydrogen) atoms. The van der Waals surface area contributed by atoms with Gasteiger partial charge in [-0.25, -0.2) is 4.98 Å². The van der Waals surface area contributed by atoms with E-state index in [1.54, 1.807) is 12.3 Å². The minimum atomic E-state index is -0.710. The number of thiazole rings is 1. The Kier molecular flexibility index (Phi) is 6.86. The van der Waals surface area contributed by atoms with Gasteiger partial charge in [0.1, 0.15) is 6.04 Å². The van der Waals surface area contributed by atoms with Crippen molar-refractivity contribution in [2.75, 3.05) is 5.32 Å². The molecule has 4 rings (SSSR count). The maximum atomic E-state index is 13.0. The number of hydrogen-bond acceptors (Lipinski definition) is 5. The van der Waals surface area contributed by atoms with Gasteiger partial charge in [-0.1, -0.05) is 66.7 Å². The van der Waals surface area contributed by atoms with E-state index in [4.69, 9.17) is 0 Å². The molecular weight excluding hydrogens is 426 g/mol. The Labute approximate surface area is 188 Å². The molecule has 5 nitrogen and oxygen atoms in total. The zero-order chi connectivity index (χ0) is 21.5. The van der Waals surface area contributed by atoms with E-state index in [9.17, 15) is 9.59 Å². The van der Waals surface area contributed by atoms with E-state index in [0.717, 1.165) is 16.9 Å². The zero-order valence-electron chi connectivity index (χ0n) is 16.7. The second-order valence-electron chi connectivity index (χ2n) is 6.98. The number of carbonyl (C=O) groups excluding carboxylic acids is 2. The van der Waals surface area contributed by atoms with Crippen molar-refractivity contribution >= 4 is 39.6 Å². The Morgan fingerprint density at radius 1 is 0.903 bits per heavy atom. The molecule has 0 unspecified atom stereocenters. The van der Waals surface area contributed by atoms with Crippen molar-refractivity contribution in [2.24, 2.45) is 0 Å². The summed E-state index contributed by atoms with van der Waals surface area (Å²) in [5, 5.41) is 8.11. The molecular formula is C24H21N3O2S2. The lowest BCUT2D eigenvalue weighted by Gasteiger charge is -2.17. The number of nitrogens with zero attached hydrogens (tertiary/aromatic N) is 1. The summed E-state index contributed by atoms with van der Waals surface area (Å²) in [6.07, 6.45) is 2.94. The molecule has 0 aliphatic rings. The number of benzene rings is 2. The highest BCUT2D eigenvalue weighted by molar-refractivity contribution is 7.15. The summed E-state index contributed by atoms with van der Waals surface area (Å²) < 4.78 is 0. The molecule has 7 heteroatoms. The number of anilines is 1. The quantitative estimate of drug-likeness (QED) is 0.409. The van der Waals surface area contributed by atoms with Crippen molar-refractivity contribution in [2.45, 2.75) is 18.9 Å². The van der Waals surface area contributed by atoms with Gasteiger partial charge in [0, 0.05) is 23.9 Å². The first-order valence-corrected chi connectivity index (χ1v) is 11.5. The zero-order valence-corrected chi connectivity index (χ0v) is 18.3. The first kappa shape index (κ1) is 21.0. The largest absolute Gasteiger partial charge is 0.339 e. The second kappa shape index (κ2) is 10.1. The van der Waals surface area contributed by atoms with Gasteiger partial charge in [0.25, 0.3) is 5.91 Å². The Hall–Kier alpha value is -3.29. The average molecular weight is 448 g/mol. The first-order valence-electron chi connectivity index (χ1n) is 9.85. The van der Waals surface area contributed by atoms with Gasteiger partial charge >= 0.3 is 0 Å². The van der Waals surface area contributed by atoms with Crippen LogP contribution in [0.15, 0.2) is 84.4 Å². The van der Waals surface area contributed by atoms with E-state index in [1.807, 2.05) is 60.0 Å². The van der Waals surface area contributed by atoms with Gasteiger partial charge in [0.2, 0.25) is 5.91 Å². The molecule has 1 atom stereocenters. The lowest BCUT2D eigenvalue weighted by atomic mass is 10.1. The minimum Gasteiger partial charge on any atom is -0.339 e. The molecule has 2 amide bonds. The fourth-order valence-corrected chi connectivity index (χ4v) is 4.61. The molecule has 4 aromatic rings. The number of thiophene rings is 1. The Morgan fingerprint density at radius 2 is 1.61 bits per heavy atom. The van der Waals surface area contributed by atoms with Gasteiger partial charge in [-0.15, -0.1) is 22.7 Å². The smallest absolute Gasteiger partial charge is 0.262 e. The molecule has 156 valence electrons. The van der Waals surface area contributed by atoms with Crippen molar-refractivity contribution in [1.82, 2.24) is 10.3 Å². The second-order valence-corrected chi connectivity index (χ2v) is 9.04. The van der Waals surface area contributed by atoms with Crippen LogP contribution >= 0.6 is 22.7 Å². The average Bonchev–Trinajstić information content (AvgIpc) is 3.47. The van der Waals surface area contributed by atoms with Crippen LogP contribution in [0.25, 0.3) is 0 Å². The summed E-state index contributed by atoms with van der Waals surface area (Å²) in [7, 11) is 0. The lowest BCUT2D eigenvalue weighted by Crippen LogP contribution is -2.45. The van der Waals surface area contributed by atoms with E-state index in [-0.39, 0.29) is 11.8 Å². The summed E-state index contributed by atoms with van der Waals surface area (Å²) in [5.74, 6) is -0.538. The number of amides is 2. The van der Waals surface area contributed by atoms with Crippen molar-refractivity contribution in [3.63, 3.8) is 0 Å². The number of aromatic nitrogens is 1. The predicted molar refractivity (Wildman–Crippen MR) is 126 cm³/mol. The Bertz CT molecular complexity index is 1130. The highest BCUT2D eigenvalue weighted by Gasteiger charge is 2.23. The third-order valence-corrected chi connectivity index (χ3v) is 6.44. The number of nitrogens with one attached hydrogen (secondary N) is 2. The normalized spacial score (nSPS) is 11.6. The lowest BCUT2D eigenvalue weighted by molar-refractivity contribution is -0.118. The molecule has 2 N–H and O–H groups in total. The maximum absolute atomic E-state index is 13.0. The van der Waals surface area contributed by atoms with E-state index < -0.39 is 6.04 Å². The Balaban J connectivity index is 1.45. The van der Waals surface area contributed by atoms with Crippen LogP contribution in [0.1, 0.15) is 25.7 Å². The molecule has 0 saturated heterocycles. The molecule has 0 radical (unpaired) electrons. The Morgan fingerprint density at radius 3 is 2.29 bits per heavy atom. The van der Waals surface area contributed by atoms with Crippen LogP contribution in [0.4, 0.5) is 5.13 Å². The third-order valence-electron chi connectivity index (χ3n) is 4.65. The fraction of sp³-hybridized carbons (Fsp3) is 0.125. The molecule has 0 fully saturated rings. The highest BCUT2D eigenvalue weighted by atomic mass is 32.1. The predicted octanol–water partition coefficient (Wildman–Crippen LogP) is 4.78. The fourth-order valence-electron chi connectivity index (χ4n) is 3.13. The SMILES string of the molecule is O=C(N[C@@H](Cc1ccccc1)C(=O)Nc1ncc(Cc2ccccc2)s1)c1cccs1. The number of hydrogen-bond donors (Lipinski definition) is 2. The number of carbonyl (C=O) groups is 2. The van der Waals surface area contributed by atoms with E-state index in [0.29, 0.717) is 16.4 Å². The van der Waals surface area contributed by atoms with Gasteiger partial charge in [-0.3, -0.25) is 9.59 Å². The first-order chi connectivity index (χ1) is 15.2. The summed E-state index contributed by atoms with van der Waals surface area (Å²) in [6, 6.07) is 22.6. The van der Waals surface area contributed by atoms with Crippen LogP contribution in [0.3, 0.4) is 0 Å². The summed E-state index contributed by atoms with van der Waals surface area (Å²) in [4.78, 5) is 31.6. The molecule has 2 heterocycles. The van der Waals surface area contributed by atoms with Crippen molar-refractivity contribution in [3.8, 4) is 0 Å². The van der Waals surface area contributed by atoms with E-state index >= 15 is 0 Å². The third kappa shape index (κ3) is 5.87. The standard InChI is InChI=1S/C24H21N3O2S2/c28-22(27-24-25-16-19(31-24)14-17-8-3-1-4-9-17)20(15-18-10-5-2-6-11-18)26-23(29)21-12-7-13-30-21/h1-13,16,20H,14-15H2,(H,26,29)(H,25,27,28)/t20-/m0/s1. The van der Waals surface area contributed by atoms with Gasteiger partial charge in [0.05, 0.1) is 4.88 Å². The van der Waals surface area contributed by atoms with Crippen LogP contribution < -0.4 is 10.6 Å². The monoisotopic (exact) mass is 447 g/mol. The molecule has 0 aliphatic heterocycles.